The lowest BCUT2D eigenvalue weighted by Crippen LogP contribution is -2.30. The summed E-state index contributed by atoms with van der Waals surface area (Å²) in [4.78, 5) is 4.23. The van der Waals surface area contributed by atoms with Gasteiger partial charge >= 0.3 is 0 Å². The number of aliphatic hydroxyl groups excluding tert-OH is 1. The Bertz CT molecular complexity index is 352. The molecule has 1 atom stereocenters. The van der Waals surface area contributed by atoms with Crippen molar-refractivity contribution in [3.8, 4) is 0 Å². The van der Waals surface area contributed by atoms with E-state index in [2.05, 4.69) is 24.1 Å². The molecule has 0 fully saturated rings. The highest BCUT2D eigenvalue weighted by Gasteiger charge is 2.04. The summed E-state index contributed by atoms with van der Waals surface area (Å²) in [6.07, 6.45) is 3.64. The maximum atomic E-state index is 9.78. The molecule has 0 aliphatic carbocycles. The number of aliphatic hydroxyl groups is 1. The average Bonchev–Trinajstić information content (AvgIpc) is 2.40. The zero-order chi connectivity index (χ0) is 14.8. The number of nitrogens with zero attached hydrogens (tertiary/aromatic N) is 1. The van der Waals surface area contributed by atoms with Crippen molar-refractivity contribution in [2.75, 3.05) is 19.8 Å². The van der Waals surface area contributed by atoms with Gasteiger partial charge in [-0.15, -0.1) is 0 Å². The SMILES string of the molecule is Cc1ccc(CNCC(O)COCCCC(C)C)cn1. The second kappa shape index (κ2) is 9.86. The fourth-order valence-electron chi connectivity index (χ4n) is 1.86. The smallest absolute Gasteiger partial charge is 0.0897 e. The van der Waals surface area contributed by atoms with Crippen LogP contribution in [0.15, 0.2) is 18.3 Å². The number of pyridine rings is 1. The highest BCUT2D eigenvalue weighted by Crippen LogP contribution is 2.03. The highest BCUT2D eigenvalue weighted by atomic mass is 16.5. The summed E-state index contributed by atoms with van der Waals surface area (Å²) in [6.45, 7) is 8.78. The fourth-order valence-corrected chi connectivity index (χ4v) is 1.86. The first-order valence-corrected chi connectivity index (χ1v) is 7.46. The number of hydrogen-bond acceptors (Lipinski definition) is 4. The minimum atomic E-state index is -0.451. The molecule has 1 rings (SSSR count). The van der Waals surface area contributed by atoms with Crippen molar-refractivity contribution in [2.24, 2.45) is 5.92 Å². The van der Waals surface area contributed by atoms with Crippen LogP contribution in [0, 0.1) is 12.8 Å². The van der Waals surface area contributed by atoms with Crippen LogP contribution in [0.5, 0.6) is 0 Å². The lowest BCUT2D eigenvalue weighted by molar-refractivity contribution is 0.0346. The number of aromatic nitrogens is 1. The minimum Gasteiger partial charge on any atom is -0.389 e. The van der Waals surface area contributed by atoms with E-state index in [4.69, 9.17) is 4.74 Å². The van der Waals surface area contributed by atoms with Crippen LogP contribution >= 0.6 is 0 Å². The van der Waals surface area contributed by atoms with Crippen LogP contribution in [0.3, 0.4) is 0 Å². The molecule has 4 heteroatoms. The zero-order valence-electron chi connectivity index (χ0n) is 12.9. The number of rotatable bonds is 10. The molecular formula is C16H28N2O2. The van der Waals surface area contributed by atoms with Crippen molar-refractivity contribution < 1.29 is 9.84 Å². The Morgan fingerprint density at radius 2 is 2.15 bits per heavy atom. The van der Waals surface area contributed by atoms with Gasteiger partial charge in [0, 0.05) is 31.6 Å². The number of aryl methyl sites for hydroxylation is 1. The Balaban J connectivity index is 2.02. The van der Waals surface area contributed by atoms with Gasteiger partial charge in [-0.2, -0.15) is 0 Å². The van der Waals surface area contributed by atoms with Crippen molar-refractivity contribution in [2.45, 2.75) is 46.3 Å². The quantitative estimate of drug-likeness (QED) is 0.646. The Morgan fingerprint density at radius 1 is 1.35 bits per heavy atom. The predicted octanol–water partition coefficient (Wildman–Crippen LogP) is 2.29. The van der Waals surface area contributed by atoms with Crippen molar-refractivity contribution in [3.05, 3.63) is 29.6 Å². The van der Waals surface area contributed by atoms with Gasteiger partial charge in [0.15, 0.2) is 0 Å². The second-order valence-corrected chi connectivity index (χ2v) is 5.70. The van der Waals surface area contributed by atoms with E-state index in [9.17, 15) is 5.11 Å². The van der Waals surface area contributed by atoms with Gasteiger partial charge in [-0.1, -0.05) is 19.9 Å². The minimum absolute atomic E-state index is 0.400. The summed E-state index contributed by atoms with van der Waals surface area (Å²) in [7, 11) is 0. The lowest BCUT2D eigenvalue weighted by atomic mass is 10.1. The zero-order valence-corrected chi connectivity index (χ0v) is 12.9. The topological polar surface area (TPSA) is 54.4 Å². The molecule has 4 nitrogen and oxygen atoms in total. The fraction of sp³-hybridized carbons (Fsp3) is 0.688. The molecule has 0 spiro atoms. The van der Waals surface area contributed by atoms with E-state index in [1.807, 2.05) is 25.3 Å². The van der Waals surface area contributed by atoms with Gasteiger partial charge in [0.1, 0.15) is 0 Å². The summed E-state index contributed by atoms with van der Waals surface area (Å²) in [5, 5.41) is 13.0. The molecule has 0 saturated carbocycles. The first-order valence-electron chi connectivity index (χ1n) is 7.46. The van der Waals surface area contributed by atoms with E-state index in [1.54, 1.807) is 0 Å². The molecule has 0 bridgehead atoms. The second-order valence-electron chi connectivity index (χ2n) is 5.70. The summed E-state index contributed by atoms with van der Waals surface area (Å²) in [5.41, 5.74) is 2.14. The van der Waals surface area contributed by atoms with Crippen LogP contribution in [0.2, 0.25) is 0 Å². The molecule has 20 heavy (non-hydrogen) atoms. The third-order valence-electron chi connectivity index (χ3n) is 3.06. The van der Waals surface area contributed by atoms with Crippen molar-refractivity contribution in [3.63, 3.8) is 0 Å². The molecule has 1 aromatic rings. The van der Waals surface area contributed by atoms with Crippen LogP contribution in [-0.2, 0) is 11.3 Å². The maximum absolute atomic E-state index is 9.78. The molecule has 0 aliphatic rings. The van der Waals surface area contributed by atoms with Crippen molar-refractivity contribution in [1.82, 2.24) is 10.3 Å². The van der Waals surface area contributed by atoms with Crippen LogP contribution in [0.1, 0.15) is 37.9 Å². The normalized spacial score (nSPS) is 12.8. The largest absolute Gasteiger partial charge is 0.389 e. The molecule has 0 amide bonds. The van der Waals surface area contributed by atoms with E-state index in [0.29, 0.717) is 19.1 Å². The van der Waals surface area contributed by atoms with Gasteiger partial charge in [-0.3, -0.25) is 4.98 Å². The molecule has 114 valence electrons. The van der Waals surface area contributed by atoms with Gasteiger partial charge in [0.2, 0.25) is 0 Å². The van der Waals surface area contributed by atoms with Crippen LogP contribution in [0.25, 0.3) is 0 Å². The first kappa shape index (κ1) is 17.1. The first-order chi connectivity index (χ1) is 9.58. The number of nitrogens with one attached hydrogen (secondary N) is 1. The van der Waals surface area contributed by atoms with Crippen LogP contribution < -0.4 is 5.32 Å². The van der Waals surface area contributed by atoms with E-state index in [-0.39, 0.29) is 0 Å². The van der Waals surface area contributed by atoms with Crippen LogP contribution in [-0.4, -0.2) is 36.0 Å². The summed E-state index contributed by atoms with van der Waals surface area (Å²) >= 11 is 0. The molecule has 0 radical (unpaired) electrons. The Hall–Kier alpha value is -0.970. The average molecular weight is 280 g/mol. The third-order valence-corrected chi connectivity index (χ3v) is 3.06. The molecule has 1 heterocycles. The maximum Gasteiger partial charge on any atom is 0.0897 e. The number of hydrogen-bond donors (Lipinski definition) is 2. The Morgan fingerprint density at radius 3 is 2.80 bits per heavy atom. The Labute approximate surface area is 122 Å². The van der Waals surface area contributed by atoms with E-state index in [0.717, 1.165) is 30.8 Å². The van der Waals surface area contributed by atoms with E-state index >= 15 is 0 Å². The number of ether oxygens (including phenoxy) is 1. The van der Waals surface area contributed by atoms with E-state index < -0.39 is 6.10 Å². The third kappa shape index (κ3) is 8.25. The molecule has 0 saturated heterocycles. The molecule has 0 aromatic carbocycles. The van der Waals surface area contributed by atoms with Gasteiger partial charge in [0.25, 0.3) is 0 Å². The molecule has 1 unspecified atom stereocenters. The molecular weight excluding hydrogens is 252 g/mol. The van der Waals surface area contributed by atoms with Crippen molar-refractivity contribution >= 4 is 0 Å². The monoisotopic (exact) mass is 280 g/mol. The van der Waals surface area contributed by atoms with Gasteiger partial charge in [-0.25, -0.2) is 0 Å². The predicted molar refractivity (Wildman–Crippen MR) is 81.6 cm³/mol. The lowest BCUT2D eigenvalue weighted by Gasteiger charge is -2.13. The summed E-state index contributed by atoms with van der Waals surface area (Å²) in [5.74, 6) is 0.716. The Kier molecular flexibility index (Phi) is 8.42. The molecule has 0 aliphatic heterocycles. The highest BCUT2D eigenvalue weighted by molar-refractivity contribution is 5.12. The van der Waals surface area contributed by atoms with Crippen LogP contribution in [0.4, 0.5) is 0 Å². The van der Waals surface area contributed by atoms with Gasteiger partial charge in [-0.05, 0) is 37.3 Å². The molecule has 1 aromatic heterocycles. The van der Waals surface area contributed by atoms with E-state index in [1.165, 1.54) is 6.42 Å². The van der Waals surface area contributed by atoms with Gasteiger partial charge < -0.3 is 15.2 Å². The van der Waals surface area contributed by atoms with Crippen molar-refractivity contribution in [1.29, 1.82) is 0 Å². The summed E-state index contributed by atoms with van der Waals surface area (Å²) < 4.78 is 5.46. The van der Waals surface area contributed by atoms with Gasteiger partial charge in [0.05, 0.1) is 12.7 Å². The molecule has 2 N–H and O–H groups in total. The summed E-state index contributed by atoms with van der Waals surface area (Å²) in [6, 6.07) is 4.04. The standard InChI is InChI=1S/C16H28N2O2/c1-13(2)5-4-8-20-12-16(19)11-17-9-15-7-6-14(3)18-10-15/h6-7,10,13,16-17,19H,4-5,8-9,11-12H2,1-3H3.